The van der Waals surface area contributed by atoms with Crippen molar-refractivity contribution in [3.63, 3.8) is 0 Å². The Morgan fingerprint density at radius 1 is 1.00 bits per heavy atom. The summed E-state index contributed by atoms with van der Waals surface area (Å²) in [4.78, 5) is 38.9. The van der Waals surface area contributed by atoms with E-state index in [0.717, 1.165) is 17.5 Å². The third kappa shape index (κ3) is 5.34. The lowest BCUT2D eigenvalue weighted by Crippen LogP contribution is -2.52. The fourth-order valence-electron chi connectivity index (χ4n) is 5.40. The molecule has 2 aliphatic rings. The maximum atomic E-state index is 13.4. The van der Waals surface area contributed by atoms with Crippen LogP contribution in [0.1, 0.15) is 63.5 Å². The Hall–Kier alpha value is -3.35. The lowest BCUT2D eigenvalue weighted by atomic mass is 9.97. The maximum absolute atomic E-state index is 13.4. The number of rotatable bonds is 7. The van der Waals surface area contributed by atoms with Gasteiger partial charge in [0, 0.05) is 24.0 Å². The van der Waals surface area contributed by atoms with Crippen molar-refractivity contribution in [1.29, 1.82) is 0 Å². The van der Waals surface area contributed by atoms with Crippen LogP contribution in [0.3, 0.4) is 0 Å². The standard InChI is InChI=1S/C28H34N2O5/c1-28(2,3)30(16-15-25(31)32)26(33)22-13-8-14-24(22)29-27(34)35-17-23-20-11-6-4-9-18(20)19-10-5-7-12-21(19)23/h4-7,9-12,22-24H,8,13-17H2,1-3H3,(H,29,34)(H,31,32). The summed E-state index contributed by atoms with van der Waals surface area (Å²) < 4.78 is 5.68. The molecular formula is C28H34N2O5. The number of carbonyl (C=O) groups excluding carboxylic acids is 2. The number of carboxylic acid groups (broad SMARTS) is 1. The van der Waals surface area contributed by atoms with E-state index in [0.29, 0.717) is 12.8 Å². The lowest BCUT2D eigenvalue weighted by Gasteiger charge is -2.38. The first kappa shape index (κ1) is 24.8. The molecule has 2 unspecified atom stereocenters. The van der Waals surface area contributed by atoms with Gasteiger partial charge < -0.3 is 20.1 Å². The molecule has 1 fully saturated rings. The van der Waals surface area contributed by atoms with Crippen molar-refractivity contribution in [1.82, 2.24) is 10.2 Å². The van der Waals surface area contributed by atoms with Crippen LogP contribution in [0.2, 0.25) is 0 Å². The highest BCUT2D eigenvalue weighted by atomic mass is 16.5. The van der Waals surface area contributed by atoms with Gasteiger partial charge in [0.05, 0.1) is 12.3 Å². The monoisotopic (exact) mass is 478 g/mol. The van der Waals surface area contributed by atoms with E-state index < -0.39 is 17.6 Å². The first-order valence-corrected chi connectivity index (χ1v) is 12.3. The fourth-order valence-corrected chi connectivity index (χ4v) is 5.40. The molecule has 2 amide bonds. The summed E-state index contributed by atoms with van der Waals surface area (Å²) >= 11 is 0. The van der Waals surface area contributed by atoms with E-state index >= 15 is 0 Å². The summed E-state index contributed by atoms with van der Waals surface area (Å²) in [6, 6.07) is 16.0. The van der Waals surface area contributed by atoms with Crippen LogP contribution >= 0.6 is 0 Å². The molecule has 186 valence electrons. The van der Waals surface area contributed by atoms with Gasteiger partial charge in [0.25, 0.3) is 0 Å². The van der Waals surface area contributed by atoms with Gasteiger partial charge in [-0.3, -0.25) is 9.59 Å². The lowest BCUT2D eigenvalue weighted by molar-refractivity contribution is -0.143. The highest BCUT2D eigenvalue weighted by Gasteiger charge is 2.40. The SMILES string of the molecule is CC(C)(C)N(CCC(=O)O)C(=O)C1CCCC1NC(=O)OCC1c2ccccc2-c2ccccc21. The summed E-state index contributed by atoms with van der Waals surface area (Å²) in [5, 5.41) is 12.0. The van der Waals surface area contributed by atoms with E-state index in [1.54, 1.807) is 4.90 Å². The maximum Gasteiger partial charge on any atom is 0.407 e. The molecule has 2 atom stereocenters. The molecule has 2 aromatic carbocycles. The average molecular weight is 479 g/mol. The molecule has 35 heavy (non-hydrogen) atoms. The molecule has 0 heterocycles. The number of ether oxygens (including phenoxy) is 1. The van der Waals surface area contributed by atoms with E-state index in [4.69, 9.17) is 9.84 Å². The van der Waals surface area contributed by atoms with Gasteiger partial charge in [0.15, 0.2) is 0 Å². The third-order valence-corrected chi connectivity index (χ3v) is 7.11. The largest absolute Gasteiger partial charge is 0.481 e. The topological polar surface area (TPSA) is 95.9 Å². The van der Waals surface area contributed by atoms with Crippen LogP contribution in [-0.4, -0.2) is 52.7 Å². The van der Waals surface area contributed by atoms with Crippen LogP contribution < -0.4 is 5.32 Å². The quantitative estimate of drug-likeness (QED) is 0.596. The summed E-state index contributed by atoms with van der Waals surface area (Å²) in [5.74, 6) is -1.46. The molecule has 1 saturated carbocycles. The summed E-state index contributed by atoms with van der Waals surface area (Å²) in [7, 11) is 0. The van der Waals surface area contributed by atoms with Crippen molar-refractivity contribution in [3.8, 4) is 11.1 Å². The highest BCUT2D eigenvalue weighted by Crippen LogP contribution is 2.44. The van der Waals surface area contributed by atoms with Crippen molar-refractivity contribution in [2.45, 2.75) is 64.0 Å². The number of fused-ring (bicyclic) bond motifs is 3. The Morgan fingerprint density at radius 3 is 2.17 bits per heavy atom. The van der Waals surface area contributed by atoms with Crippen molar-refractivity contribution < 1.29 is 24.2 Å². The predicted octanol–water partition coefficient (Wildman–Crippen LogP) is 4.80. The number of hydrogen-bond acceptors (Lipinski definition) is 4. The highest BCUT2D eigenvalue weighted by molar-refractivity contribution is 5.82. The van der Waals surface area contributed by atoms with Crippen LogP contribution in [0.15, 0.2) is 48.5 Å². The Bertz CT molecular complexity index is 1060. The summed E-state index contributed by atoms with van der Waals surface area (Å²) in [6.07, 6.45) is 1.54. The minimum absolute atomic E-state index is 0.0263. The van der Waals surface area contributed by atoms with Crippen LogP contribution in [0, 0.1) is 5.92 Å². The van der Waals surface area contributed by atoms with Gasteiger partial charge in [-0.1, -0.05) is 55.0 Å². The zero-order valence-electron chi connectivity index (χ0n) is 20.6. The summed E-state index contributed by atoms with van der Waals surface area (Å²) in [5.41, 5.74) is 4.12. The second-order valence-corrected chi connectivity index (χ2v) is 10.4. The number of carbonyl (C=O) groups is 3. The van der Waals surface area contributed by atoms with E-state index in [2.05, 4.69) is 29.6 Å². The van der Waals surface area contributed by atoms with E-state index in [-0.39, 0.29) is 43.4 Å². The zero-order valence-corrected chi connectivity index (χ0v) is 20.6. The molecule has 0 spiro atoms. The Morgan fingerprint density at radius 2 is 1.60 bits per heavy atom. The van der Waals surface area contributed by atoms with Gasteiger partial charge >= 0.3 is 12.1 Å². The number of nitrogens with zero attached hydrogens (tertiary/aromatic N) is 1. The van der Waals surface area contributed by atoms with Crippen LogP contribution in [-0.2, 0) is 14.3 Å². The zero-order chi connectivity index (χ0) is 25.2. The van der Waals surface area contributed by atoms with Gasteiger partial charge in [-0.25, -0.2) is 4.79 Å². The molecular weight excluding hydrogens is 444 g/mol. The number of aliphatic carboxylic acids is 1. The molecule has 2 aromatic rings. The molecule has 0 saturated heterocycles. The molecule has 0 aliphatic heterocycles. The first-order chi connectivity index (χ1) is 16.7. The number of carboxylic acids is 1. The molecule has 0 radical (unpaired) electrons. The van der Waals surface area contributed by atoms with Gasteiger partial charge in [0.2, 0.25) is 5.91 Å². The Labute approximate surface area is 206 Å². The molecule has 0 bridgehead atoms. The van der Waals surface area contributed by atoms with Crippen LogP contribution in [0.25, 0.3) is 11.1 Å². The number of alkyl carbamates (subject to hydrolysis) is 1. The smallest absolute Gasteiger partial charge is 0.407 e. The van der Waals surface area contributed by atoms with E-state index in [1.165, 1.54) is 11.1 Å². The van der Waals surface area contributed by atoms with Crippen molar-refractivity contribution in [3.05, 3.63) is 59.7 Å². The minimum Gasteiger partial charge on any atom is -0.481 e. The van der Waals surface area contributed by atoms with Crippen LogP contribution in [0.5, 0.6) is 0 Å². The molecule has 2 N–H and O–H groups in total. The van der Waals surface area contributed by atoms with E-state index in [9.17, 15) is 14.4 Å². The molecule has 2 aliphatic carbocycles. The number of hydrogen-bond donors (Lipinski definition) is 2. The Kier molecular flexibility index (Phi) is 7.15. The van der Waals surface area contributed by atoms with Gasteiger partial charge in [-0.15, -0.1) is 0 Å². The summed E-state index contributed by atoms with van der Waals surface area (Å²) in [6.45, 7) is 6.06. The Balaban J connectivity index is 1.40. The molecule has 4 rings (SSSR count). The van der Waals surface area contributed by atoms with Crippen molar-refractivity contribution in [2.75, 3.05) is 13.2 Å². The second-order valence-electron chi connectivity index (χ2n) is 10.4. The normalized spacial score (nSPS) is 19.1. The molecule has 7 heteroatoms. The third-order valence-electron chi connectivity index (χ3n) is 7.11. The molecule has 0 aromatic heterocycles. The second kappa shape index (κ2) is 10.1. The first-order valence-electron chi connectivity index (χ1n) is 12.3. The van der Waals surface area contributed by atoms with Gasteiger partial charge in [-0.2, -0.15) is 0 Å². The van der Waals surface area contributed by atoms with Gasteiger partial charge in [0.1, 0.15) is 6.61 Å². The number of nitrogens with one attached hydrogen (secondary N) is 1. The average Bonchev–Trinajstić information content (AvgIpc) is 3.39. The minimum atomic E-state index is -0.938. The number of amides is 2. The van der Waals surface area contributed by atoms with Crippen LogP contribution in [0.4, 0.5) is 4.79 Å². The van der Waals surface area contributed by atoms with Gasteiger partial charge in [-0.05, 0) is 55.9 Å². The van der Waals surface area contributed by atoms with Crippen molar-refractivity contribution in [2.24, 2.45) is 5.92 Å². The van der Waals surface area contributed by atoms with Crippen molar-refractivity contribution >= 4 is 18.0 Å². The predicted molar refractivity (Wildman–Crippen MR) is 133 cm³/mol. The fraction of sp³-hybridized carbons (Fsp3) is 0.464. The molecule has 7 nitrogen and oxygen atoms in total. The van der Waals surface area contributed by atoms with E-state index in [1.807, 2.05) is 45.0 Å². The number of benzene rings is 2.